The molecule has 19 nitrogen and oxygen atoms in total. The summed E-state index contributed by atoms with van der Waals surface area (Å²) in [6.07, 6.45) is 7.60. The van der Waals surface area contributed by atoms with Crippen molar-refractivity contribution in [1.29, 1.82) is 0 Å². The molecule has 0 saturated heterocycles. The normalized spacial score (nSPS) is 15.7. The van der Waals surface area contributed by atoms with Crippen LogP contribution < -0.4 is 20.9 Å². The average Bonchev–Trinajstić information content (AvgIpc) is 3.39. The molecule has 0 fully saturated rings. The van der Waals surface area contributed by atoms with E-state index in [-0.39, 0.29) is 77.0 Å². The highest BCUT2D eigenvalue weighted by molar-refractivity contribution is 6.14. The van der Waals surface area contributed by atoms with E-state index in [1.165, 1.54) is 54.0 Å². The molecule has 19 heteroatoms. The molecule has 0 heterocycles. The van der Waals surface area contributed by atoms with E-state index < -0.39 is 60.5 Å². The van der Waals surface area contributed by atoms with Crippen molar-refractivity contribution in [3.8, 4) is 11.5 Å². The maximum absolute atomic E-state index is 14.2. The van der Waals surface area contributed by atoms with Crippen LogP contribution >= 0.6 is 0 Å². The molecule has 8 atom stereocenters. The van der Waals surface area contributed by atoms with Gasteiger partial charge in [0, 0.05) is 70.3 Å². The number of nitrogens with one attached hydrogen (secondary N) is 3. The highest BCUT2D eigenvalue weighted by Gasteiger charge is 2.37. The van der Waals surface area contributed by atoms with Crippen LogP contribution in [0.5, 0.6) is 11.5 Å². The van der Waals surface area contributed by atoms with Crippen molar-refractivity contribution in [2.45, 2.75) is 150 Å². The number of amides is 6. The fourth-order valence-corrected chi connectivity index (χ4v) is 9.27. The molecule has 6 N–H and O–H groups in total. The number of aliphatic hydroxyl groups is 1. The predicted molar refractivity (Wildman–Crippen MR) is 294 cm³/mol. The van der Waals surface area contributed by atoms with Crippen molar-refractivity contribution in [3.05, 3.63) is 76.9 Å². The van der Waals surface area contributed by atoms with E-state index in [2.05, 4.69) is 32.9 Å². The molecule has 75 heavy (non-hydrogen) atoms. The molecule has 6 amide bonds. The third-order valence-corrected chi connectivity index (χ3v) is 14.1. The van der Waals surface area contributed by atoms with Gasteiger partial charge in [0.15, 0.2) is 5.84 Å². The molecule has 1 aliphatic rings. The molecular formula is C56H85N9O10. The summed E-state index contributed by atoms with van der Waals surface area (Å²) < 4.78 is 5.97. The van der Waals surface area contributed by atoms with Gasteiger partial charge in [-0.25, -0.2) is 0 Å². The standard InChI is InChI=1S/C56H85N9O10/c1-15-27-64(37(8)28-36(7)54(72)60-38(9)52(71)40-21-19-18-20-22-40)49(69)31-47(75-14)51(35(6)16-2)63(13)50(70)32-59-55(73)39(10)62(12)56(74)41-23-25-42(26-24-41)65(33-48(68)58-17-3)53(61-57-11)44-29-43(34(4)5)45(66)30-46(44)67/h18-19,21,23-26,29-30,34-39,47,51-52,66-67,71H,11,15-17,20,22,27-28,31-33H2,1-10,12-14H3,(H,58,68)(H,59,73)(H,60,72)/b61-53-. The van der Waals surface area contributed by atoms with Gasteiger partial charge < -0.3 is 55.6 Å². The van der Waals surface area contributed by atoms with E-state index in [4.69, 9.17) is 4.74 Å². The minimum atomic E-state index is -1.02. The first kappa shape index (κ1) is 62.7. The number of aliphatic hydroxyl groups excluding tert-OH is 1. The van der Waals surface area contributed by atoms with E-state index >= 15 is 0 Å². The number of hydrogen-bond donors (Lipinski definition) is 6. The van der Waals surface area contributed by atoms with Gasteiger partial charge >= 0.3 is 0 Å². The average molecular weight is 1040 g/mol. The summed E-state index contributed by atoms with van der Waals surface area (Å²) >= 11 is 0. The number of nitrogens with zero attached hydrogens (tertiary/aromatic N) is 6. The minimum Gasteiger partial charge on any atom is -0.508 e. The molecular weight excluding hydrogens is 959 g/mol. The van der Waals surface area contributed by atoms with Crippen LogP contribution in [-0.2, 0) is 28.7 Å². The summed E-state index contributed by atoms with van der Waals surface area (Å²) in [5, 5.41) is 48.7. The first-order chi connectivity index (χ1) is 35.5. The Morgan fingerprint density at radius 1 is 0.867 bits per heavy atom. The number of anilines is 1. The second-order valence-corrected chi connectivity index (χ2v) is 19.9. The van der Waals surface area contributed by atoms with Gasteiger partial charge in [0.1, 0.15) is 24.1 Å². The van der Waals surface area contributed by atoms with Crippen LogP contribution in [0.25, 0.3) is 0 Å². The molecule has 0 spiro atoms. The van der Waals surface area contributed by atoms with Crippen molar-refractivity contribution < 1.29 is 48.8 Å². The zero-order valence-corrected chi connectivity index (χ0v) is 46.6. The predicted octanol–water partition coefficient (Wildman–Crippen LogP) is 5.88. The number of carbonyl (C=O) groups excluding carboxylic acids is 6. The summed E-state index contributed by atoms with van der Waals surface area (Å²) in [5.41, 5.74) is 2.19. The number of hydrogen-bond acceptors (Lipinski definition) is 12. The van der Waals surface area contributed by atoms with E-state index in [1.807, 2.05) is 66.7 Å². The van der Waals surface area contributed by atoms with Crippen LogP contribution in [0.4, 0.5) is 5.69 Å². The highest BCUT2D eigenvalue weighted by atomic mass is 16.5. The first-order valence-electron chi connectivity index (χ1n) is 26.2. The largest absolute Gasteiger partial charge is 0.508 e. The molecule has 414 valence electrons. The van der Waals surface area contributed by atoms with Gasteiger partial charge in [-0.1, -0.05) is 66.2 Å². The fourth-order valence-electron chi connectivity index (χ4n) is 9.27. The number of aromatic hydroxyl groups is 2. The highest BCUT2D eigenvalue weighted by Crippen LogP contribution is 2.34. The van der Waals surface area contributed by atoms with Crippen LogP contribution in [0, 0.1) is 11.8 Å². The Balaban J connectivity index is 1.72. The number of ether oxygens (including phenoxy) is 1. The van der Waals surface area contributed by atoms with Crippen LogP contribution in [-0.4, -0.2) is 162 Å². The minimum absolute atomic E-state index is 0.0355. The molecule has 8 unspecified atom stereocenters. The monoisotopic (exact) mass is 1040 g/mol. The third kappa shape index (κ3) is 17.2. The molecule has 0 aromatic heterocycles. The Morgan fingerprint density at radius 2 is 1.53 bits per heavy atom. The van der Waals surface area contributed by atoms with Gasteiger partial charge in [0.2, 0.25) is 29.5 Å². The molecule has 0 saturated carbocycles. The lowest BCUT2D eigenvalue weighted by Gasteiger charge is -2.39. The number of likely N-dealkylation sites (N-methyl/N-ethyl adjacent to an activating group) is 3. The number of benzene rings is 2. The summed E-state index contributed by atoms with van der Waals surface area (Å²) in [7, 11) is 4.59. The second kappa shape index (κ2) is 30.1. The zero-order chi connectivity index (χ0) is 56.3. The molecule has 2 aromatic carbocycles. The van der Waals surface area contributed by atoms with Gasteiger partial charge in [-0.3, -0.25) is 28.8 Å². The number of phenolic OH excluding ortho intramolecular Hbond substituents is 2. The Morgan fingerprint density at radius 3 is 2.09 bits per heavy atom. The van der Waals surface area contributed by atoms with Gasteiger partial charge in [-0.15, -0.1) is 5.10 Å². The number of phenols is 2. The van der Waals surface area contributed by atoms with Gasteiger partial charge in [0.05, 0.1) is 42.8 Å². The van der Waals surface area contributed by atoms with Crippen molar-refractivity contribution in [2.24, 2.45) is 22.0 Å². The molecule has 2 aromatic rings. The molecule has 1 aliphatic carbocycles. The first-order valence-corrected chi connectivity index (χ1v) is 26.2. The smallest absolute Gasteiger partial charge is 0.254 e. The maximum Gasteiger partial charge on any atom is 0.254 e. The van der Waals surface area contributed by atoms with Crippen LogP contribution in [0.2, 0.25) is 0 Å². The molecule has 0 radical (unpaired) electrons. The Kier molecular flexibility index (Phi) is 25.1. The zero-order valence-electron chi connectivity index (χ0n) is 46.6. The maximum atomic E-state index is 14.2. The summed E-state index contributed by atoms with van der Waals surface area (Å²) in [5.74, 6) is -3.34. The van der Waals surface area contributed by atoms with Crippen LogP contribution in [0.3, 0.4) is 0 Å². The topological polar surface area (TPSA) is 246 Å². The third-order valence-electron chi connectivity index (χ3n) is 14.1. The van der Waals surface area contributed by atoms with Crippen molar-refractivity contribution in [1.82, 2.24) is 30.7 Å². The fraction of sp³-hybridized carbons (Fsp3) is 0.571. The molecule has 0 bridgehead atoms. The van der Waals surface area contributed by atoms with E-state index in [0.29, 0.717) is 43.6 Å². The summed E-state index contributed by atoms with van der Waals surface area (Å²) in [6.45, 7) is 22.1. The van der Waals surface area contributed by atoms with Crippen molar-refractivity contribution >= 4 is 53.7 Å². The lowest BCUT2D eigenvalue weighted by molar-refractivity contribution is -0.143. The Hall–Kier alpha value is -6.60. The Bertz CT molecular complexity index is 2370. The van der Waals surface area contributed by atoms with Gasteiger partial charge in [-0.05, 0) is 107 Å². The van der Waals surface area contributed by atoms with Crippen molar-refractivity contribution in [3.63, 3.8) is 0 Å². The van der Waals surface area contributed by atoms with Gasteiger partial charge in [-0.2, -0.15) is 5.10 Å². The number of amidine groups is 1. The second-order valence-electron chi connectivity index (χ2n) is 19.9. The summed E-state index contributed by atoms with van der Waals surface area (Å²) in [6, 6.07) is 6.62. The lowest BCUT2D eigenvalue weighted by Crippen LogP contribution is -2.54. The summed E-state index contributed by atoms with van der Waals surface area (Å²) in [4.78, 5) is 87.9. The van der Waals surface area contributed by atoms with Gasteiger partial charge in [0.25, 0.3) is 5.91 Å². The number of carbonyl (C=O) groups is 6. The Labute approximate surface area is 444 Å². The van der Waals surface area contributed by atoms with E-state index in [9.17, 15) is 44.1 Å². The lowest BCUT2D eigenvalue weighted by atomic mass is 9.90. The molecule has 3 rings (SSSR count). The van der Waals surface area contributed by atoms with Crippen LogP contribution in [0.1, 0.15) is 135 Å². The van der Waals surface area contributed by atoms with Crippen molar-refractivity contribution in [2.75, 3.05) is 52.3 Å². The SMILES string of the molecule is C=N/N=C(/c1cc(C(C)C)c(O)cc1O)N(CC(=O)NCC)c1ccc(C(=O)N(C)C(C)C(=O)NCC(=O)N(C)C(C(C)CC)C(CC(=O)N(CCC)C(C)CC(C)C(=O)NC(C)C(O)C2=CC=CCC2)OC)cc1. The van der Waals surface area contributed by atoms with E-state index in [1.54, 1.807) is 44.0 Å². The van der Waals surface area contributed by atoms with Crippen LogP contribution in [0.15, 0.2) is 70.4 Å². The number of methoxy groups -OCH3 is 1. The number of allylic oxidation sites excluding steroid dienone is 3. The van der Waals surface area contributed by atoms with E-state index in [0.717, 1.165) is 18.4 Å². The quantitative estimate of drug-likeness (QED) is 0.0334. The molecule has 0 aliphatic heterocycles. The number of rotatable bonds is 28.